The summed E-state index contributed by atoms with van der Waals surface area (Å²) in [5.41, 5.74) is 8.88. The zero-order valence-electron chi connectivity index (χ0n) is 12.0. The van der Waals surface area contributed by atoms with Crippen molar-refractivity contribution in [3.05, 3.63) is 35.0 Å². The minimum absolute atomic E-state index is 0.386. The first-order chi connectivity index (χ1) is 9.67. The van der Waals surface area contributed by atoms with Crippen LogP contribution in [-0.4, -0.2) is 5.16 Å². The molecule has 20 heavy (non-hydrogen) atoms. The van der Waals surface area contributed by atoms with Crippen LogP contribution in [0.3, 0.4) is 0 Å². The molecule has 0 saturated carbocycles. The van der Waals surface area contributed by atoms with E-state index in [1.165, 1.54) is 12.8 Å². The number of hydrogen-bond donors (Lipinski definition) is 1. The van der Waals surface area contributed by atoms with Gasteiger partial charge in [0.1, 0.15) is 0 Å². The molecule has 0 amide bonds. The summed E-state index contributed by atoms with van der Waals surface area (Å²) in [5.74, 6) is 0.777. The highest BCUT2D eigenvalue weighted by molar-refractivity contribution is 6.30. The summed E-state index contributed by atoms with van der Waals surface area (Å²) in [4.78, 5) is 0. The van der Waals surface area contributed by atoms with Crippen molar-refractivity contribution >= 4 is 17.5 Å². The summed E-state index contributed by atoms with van der Waals surface area (Å²) < 4.78 is 5.24. The van der Waals surface area contributed by atoms with Crippen LogP contribution in [0.1, 0.15) is 51.1 Å². The van der Waals surface area contributed by atoms with Gasteiger partial charge in [0.2, 0.25) is 5.88 Å². The van der Waals surface area contributed by atoms with Crippen LogP contribution in [0.15, 0.2) is 28.8 Å². The molecule has 0 aliphatic heterocycles. The molecular formula is C16H21ClN2O. The minimum Gasteiger partial charge on any atom is -0.367 e. The Morgan fingerprint density at radius 2 is 1.95 bits per heavy atom. The Morgan fingerprint density at radius 1 is 1.25 bits per heavy atom. The first-order valence-corrected chi connectivity index (χ1v) is 7.56. The standard InChI is InChI=1S/C16H21ClN2O/c1-3-5-6-11(4-2)15-14(16(18)20-19-15)12-7-9-13(17)10-8-12/h7-11H,3-6,18H2,1-2H3. The third kappa shape index (κ3) is 3.15. The van der Waals surface area contributed by atoms with Crippen molar-refractivity contribution < 1.29 is 4.52 Å². The van der Waals surface area contributed by atoms with Crippen LogP contribution < -0.4 is 5.73 Å². The van der Waals surface area contributed by atoms with Gasteiger partial charge < -0.3 is 10.3 Å². The quantitative estimate of drug-likeness (QED) is 0.790. The third-order valence-corrected chi connectivity index (χ3v) is 3.92. The Labute approximate surface area is 125 Å². The third-order valence-electron chi connectivity index (χ3n) is 3.66. The Morgan fingerprint density at radius 3 is 2.55 bits per heavy atom. The normalized spacial score (nSPS) is 12.6. The Bertz CT molecular complexity index is 548. The molecule has 4 heteroatoms. The molecular weight excluding hydrogens is 272 g/mol. The molecule has 1 unspecified atom stereocenters. The van der Waals surface area contributed by atoms with Crippen LogP contribution in [-0.2, 0) is 0 Å². The smallest absolute Gasteiger partial charge is 0.230 e. The van der Waals surface area contributed by atoms with Crippen LogP contribution >= 0.6 is 11.6 Å². The lowest BCUT2D eigenvalue weighted by Crippen LogP contribution is -2.00. The second-order valence-electron chi connectivity index (χ2n) is 5.06. The van der Waals surface area contributed by atoms with Crippen molar-refractivity contribution in [2.24, 2.45) is 0 Å². The van der Waals surface area contributed by atoms with Gasteiger partial charge in [0.25, 0.3) is 0 Å². The highest BCUT2D eigenvalue weighted by atomic mass is 35.5. The SMILES string of the molecule is CCCCC(CC)c1noc(N)c1-c1ccc(Cl)cc1. The van der Waals surface area contributed by atoms with Crippen LogP contribution in [0.4, 0.5) is 5.88 Å². The van der Waals surface area contributed by atoms with E-state index in [0.29, 0.717) is 16.8 Å². The first-order valence-electron chi connectivity index (χ1n) is 7.18. The van der Waals surface area contributed by atoms with E-state index in [1.54, 1.807) is 0 Å². The number of halogens is 1. The molecule has 0 radical (unpaired) electrons. The van der Waals surface area contributed by atoms with Gasteiger partial charge in [0.05, 0.1) is 11.3 Å². The molecule has 1 heterocycles. The summed E-state index contributed by atoms with van der Waals surface area (Å²) in [5, 5.41) is 4.92. The maximum Gasteiger partial charge on any atom is 0.230 e. The van der Waals surface area contributed by atoms with E-state index in [0.717, 1.165) is 29.7 Å². The molecule has 1 aromatic carbocycles. The lowest BCUT2D eigenvalue weighted by Gasteiger charge is -2.13. The molecule has 0 spiro atoms. The lowest BCUT2D eigenvalue weighted by atomic mass is 9.91. The number of unbranched alkanes of at least 4 members (excludes halogenated alkanes) is 1. The predicted octanol–water partition coefficient (Wildman–Crippen LogP) is 5.26. The Balaban J connectivity index is 2.37. The van der Waals surface area contributed by atoms with Gasteiger partial charge in [-0.15, -0.1) is 0 Å². The van der Waals surface area contributed by atoms with Gasteiger partial charge in [-0.3, -0.25) is 0 Å². The van der Waals surface area contributed by atoms with E-state index in [-0.39, 0.29) is 0 Å². The number of nitrogens with two attached hydrogens (primary N) is 1. The fourth-order valence-electron chi connectivity index (χ4n) is 2.49. The highest BCUT2D eigenvalue weighted by Crippen LogP contribution is 2.37. The van der Waals surface area contributed by atoms with E-state index in [9.17, 15) is 0 Å². The number of nitrogen functional groups attached to an aromatic ring is 1. The van der Waals surface area contributed by atoms with Gasteiger partial charge in [-0.05, 0) is 30.5 Å². The van der Waals surface area contributed by atoms with E-state index >= 15 is 0 Å². The van der Waals surface area contributed by atoms with Gasteiger partial charge >= 0.3 is 0 Å². The van der Waals surface area contributed by atoms with Gasteiger partial charge in [0, 0.05) is 10.9 Å². The van der Waals surface area contributed by atoms with Gasteiger partial charge in [-0.2, -0.15) is 0 Å². The molecule has 0 bridgehead atoms. The first kappa shape index (κ1) is 14.9. The summed E-state index contributed by atoms with van der Waals surface area (Å²) in [6.07, 6.45) is 4.51. The zero-order chi connectivity index (χ0) is 14.5. The number of aromatic nitrogens is 1. The van der Waals surface area contributed by atoms with Gasteiger partial charge in [0.15, 0.2) is 0 Å². The summed E-state index contributed by atoms with van der Waals surface area (Å²) >= 11 is 5.94. The molecule has 1 atom stereocenters. The second kappa shape index (κ2) is 6.80. The minimum atomic E-state index is 0.386. The fraction of sp³-hybridized carbons (Fsp3) is 0.438. The molecule has 0 fully saturated rings. The number of anilines is 1. The molecule has 108 valence electrons. The van der Waals surface area contributed by atoms with Crippen LogP contribution in [0, 0.1) is 0 Å². The summed E-state index contributed by atoms with van der Waals surface area (Å²) in [6, 6.07) is 7.64. The average molecular weight is 293 g/mol. The maximum absolute atomic E-state index is 5.97. The van der Waals surface area contributed by atoms with Crippen molar-refractivity contribution in [1.29, 1.82) is 0 Å². The van der Waals surface area contributed by atoms with Gasteiger partial charge in [-0.1, -0.05) is 55.6 Å². The monoisotopic (exact) mass is 292 g/mol. The topological polar surface area (TPSA) is 52.0 Å². The van der Waals surface area contributed by atoms with Crippen molar-refractivity contribution in [1.82, 2.24) is 5.16 Å². The van der Waals surface area contributed by atoms with Crippen molar-refractivity contribution in [2.45, 2.75) is 45.4 Å². The number of hydrogen-bond acceptors (Lipinski definition) is 3. The summed E-state index contributed by atoms with van der Waals surface area (Å²) in [6.45, 7) is 4.38. The van der Waals surface area contributed by atoms with E-state index in [4.69, 9.17) is 21.9 Å². The molecule has 3 nitrogen and oxygen atoms in total. The average Bonchev–Trinajstić information content (AvgIpc) is 2.83. The molecule has 1 aromatic heterocycles. The van der Waals surface area contributed by atoms with Crippen LogP contribution in [0.25, 0.3) is 11.1 Å². The number of benzene rings is 1. The molecule has 2 rings (SSSR count). The van der Waals surface area contributed by atoms with Gasteiger partial charge in [-0.25, -0.2) is 0 Å². The van der Waals surface area contributed by atoms with E-state index in [1.807, 2.05) is 24.3 Å². The van der Waals surface area contributed by atoms with Crippen molar-refractivity contribution in [3.8, 4) is 11.1 Å². The molecule has 0 saturated heterocycles. The molecule has 0 aliphatic carbocycles. The van der Waals surface area contributed by atoms with Crippen LogP contribution in [0.2, 0.25) is 5.02 Å². The number of rotatable bonds is 6. The lowest BCUT2D eigenvalue weighted by molar-refractivity contribution is 0.412. The largest absolute Gasteiger partial charge is 0.367 e. The fourth-order valence-corrected chi connectivity index (χ4v) is 2.61. The van der Waals surface area contributed by atoms with Crippen molar-refractivity contribution in [3.63, 3.8) is 0 Å². The van der Waals surface area contributed by atoms with E-state index < -0.39 is 0 Å². The molecule has 2 N–H and O–H groups in total. The molecule has 2 aromatic rings. The molecule has 0 aliphatic rings. The van der Waals surface area contributed by atoms with Crippen LogP contribution in [0.5, 0.6) is 0 Å². The maximum atomic E-state index is 5.97. The zero-order valence-corrected chi connectivity index (χ0v) is 12.8. The summed E-state index contributed by atoms with van der Waals surface area (Å²) in [7, 11) is 0. The predicted molar refractivity (Wildman–Crippen MR) is 83.9 cm³/mol. The second-order valence-corrected chi connectivity index (χ2v) is 5.50. The number of nitrogens with zero attached hydrogens (tertiary/aromatic N) is 1. The Hall–Kier alpha value is -1.48. The van der Waals surface area contributed by atoms with E-state index in [2.05, 4.69) is 19.0 Å². The Kier molecular flexibility index (Phi) is 5.07. The highest BCUT2D eigenvalue weighted by Gasteiger charge is 2.22. The van der Waals surface area contributed by atoms with Crippen molar-refractivity contribution in [2.75, 3.05) is 5.73 Å².